The summed E-state index contributed by atoms with van der Waals surface area (Å²) in [5.41, 5.74) is -1.29. The van der Waals surface area contributed by atoms with Crippen molar-refractivity contribution in [2.24, 2.45) is 0 Å². The molecule has 0 saturated heterocycles. The third kappa shape index (κ3) is 2.70. The van der Waals surface area contributed by atoms with Gasteiger partial charge in [0.1, 0.15) is 5.65 Å². The van der Waals surface area contributed by atoms with Crippen molar-refractivity contribution >= 4 is 18.2 Å². The molecule has 0 aliphatic carbocycles. The topological polar surface area (TPSA) is 67.0 Å². The smallest absolute Gasteiger partial charge is 0.423 e. The lowest BCUT2D eigenvalue weighted by atomic mass is 9.77. The van der Waals surface area contributed by atoms with Crippen LogP contribution in [0.5, 0.6) is 0 Å². The lowest BCUT2D eigenvalue weighted by molar-refractivity contribution is -0.0982. The Bertz CT molecular complexity index is 622. The highest BCUT2D eigenvalue weighted by molar-refractivity contribution is 6.60. The maximum absolute atomic E-state index is 13.5. The molecule has 0 fully saturated rings. The van der Waals surface area contributed by atoms with E-state index in [1.165, 1.54) is 10.6 Å². The Labute approximate surface area is 117 Å². The first kappa shape index (κ1) is 15.0. The van der Waals surface area contributed by atoms with Gasteiger partial charge in [0.15, 0.2) is 0 Å². The molecule has 108 valence electrons. The van der Waals surface area contributed by atoms with E-state index in [1.807, 2.05) is 0 Å². The number of nitrogens with zero attached hydrogens (tertiary/aromatic N) is 2. The summed E-state index contributed by atoms with van der Waals surface area (Å²) in [5, 5.41) is 20.1. The van der Waals surface area contributed by atoms with Gasteiger partial charge in [0.25, 0.3) is 0 Å². The van der Waals surface area contributed by atoms with E-state index in [9.17, 15) is 14.5 Å². The number of hydrogen-bond acceptors (Lipinski definition) is 4. The second-order valence-electron chi connectivity index (χ2n) is 5.81. The molecule has 0 aliphatic heterocycles. The molecule has 2 rings (SSSR count). The van der Waals surface area contributed by atoms with Crippen molar-refractivity contribution in [1.29, 1.82) is 0 Å². The summed E-state index contributed by atoms with van der Waals surface area (Å²) >= 11 is 0. The van der Waals surface area contributed by atoms with E-state index in [2.05, 4.69) is 4.98 Å². The van der Waals surface area contributed by atoms with Gasteiger partial charge in [-0.3, -0.25) is 4.40 Å². The molecule has 5 nitrogen and oxygen atoms in total. The molecule has 0 unspecified atom stereocenters. The fraction of sp³-hybridized carbons (Fsp3) is 0.462. The third-order valence-corrected chi connectivity index (χ3v) is 3.65. The second-order valence-corrected chi connectivity index (χ2v) is 5.81. The minimum atomic E-state index is -1.28. The molecule has 20 heavy (non-hydrogen) atoms. The first-order valence-corrected chi connectivity index (χ1v) is 6.32. The molecule has 2 heterocycles. The summed E-state index contributed by atoms with van der Waals surface area (Å²) < 4.78 is 20.2. The molecule has 0 saturated carbocycles. The van der Waals surface area contributed by atoms with Gasteiger partial charge in [0.2, 0.25) is 5.95 Å². The average Bonchev–Trinajstić information content (AvgIpc) is 2.68. The summed E-state index contributed by atoms with van der Waals surface area (Å²) in [7, 11) is -1.28. The number of hydrogen-bond donors (Lipinski definition) is 2. The number of halogens is 1. The van der Waals surface area contributed by atoms with E-state index in [1.54, 1.807) is 39.8 Å². The highest BCUT2D eigenvalue weighted by atomic mass is 19.1. The summed E-state index contributed by atoms with van der Waals surface area (Å²) in [6, 6.07) is 3.19. The van der Waals surface area contributed by atoms with Crippen LogP contribution in [0.1, 0.15) is 27.7 Å². The number of fused-ring (bicyclic) bond motifs is 1. The Morgan fingerprint density at radius 3 is 2.55 bits per heavy atom. The van der Waals surface area contributed by atoms with Gasteiger partial charge in [-0.2, -0.15) is 4.39 Å². The largest absolute Gasteiger partial charge is 0.493 e. The normalized spacial score (nSPS) is 12.9. The van der Waals surface area contributed by atoms with Crippen LogP contribution in [0.25, 0.3) is 5.65 Å². The minimum absolute atomic E-state index is 0.381. The van der Waals surface area contributed by atoms with Crippen LogP contribution in [-0.2, 0) is 4.65 Å². The van der Waals surface area contributed by atoms with Gasteiger partial charge >= 0.3 is 7.12 Å². The van der Waals surface area contributed by atoms with E-state index in [-0.39, 0.29) is 0 Å². The molecule has 0 amide bonds. The third-order valence-electron chi connectivity index (χ3n) is 3.65. The van der Waals surface area contributed by atoms with Crippen molar-refractivity contribution in [3.63, 3.8) is 0 Å². The van der Waals surface area contributed by atoms with E-state index < -0.39 is 24.3 Å². The maximum Gasteiger partial charge on any atom is 0.493 e. The fourth-order valence-corrected chi connectivity index (χ4v) is 1.60. The number of aliphatic hydroxyl groups is 1. The number of aromatic nitrogens is 2. The van der Waals surface area contributed by atoms with Gasteiger partial charge in [-0.25, -0.2) is 4.98 Å². The monoisotopic (exact) mass is 280 g/mol. The SMILES string of the molecule is CC(C)(O)C(C)(C)OB(O)c1ccc2ncc(F)n2c1. The summed E-state index contributed by atoms with van der Waals surface area (Å²) in [4.78, 5) is 3.86. The second kappa shape index (κ2) is 4.84. The summed E-state index contributed by atoms with van der Waals surface area (Å²) in [5.74, 6) is -0.518. The Morgan fingerprint density at radius 1 is 1.30 bits per heavy atom. The standard InChI is InChI=1S/C13H18BFN2O3/c1-12(2,18)13(3,4)20-14(19)9-5-6-11-16-7-10(15)17(11)8-9/h5-8,18-19H,1-4H3. The lowest BCUT2D eigenvalue weighted by Crippen LogP contribution is -2.53. The van der Waals surface area contributed by atoms with Gasteiger partial charge in [-0.15, -0.1) is 0 Å². The van der Waals surface area contributed by atoms with E-state index >= 15 is 0 Å². The van der Waals surface area contributed by atoms with Gasteiger partial charge in [0.05, 0.1) is 17.4 Å². The van der Waals surface area contributed by atoms with Crippen molar-refractivity contribution in [3.8, 4) is 0 Å². The molecule has 2 aromatic heterocycles. The van der Waals surface area contributed by atoms with Crippen LogP contribution >= 0.6 is 0 Å². The van der Waals surface area contributed by atoms with Gasteiger partial charge in [-0.1, -0.05) is 6.07 Å². The molecule has 7 heteroatoms. The zero-order valence-corrected chi connectivity index (χ0v) is 12.0. The summed E-state index contributed by atoms with van der Waals surface area (Å²) in [6.45, 7) is 6.54. The Kier molecular flexibility index (Phi) is 3.62. The average molecular weight is 280 g/mol. The van der Waals surface area contributed by atoms with Gasteiger partial charge < -0.3 is 14.8 Å². The number of rotatable bonds is 4. The van der Waals surface area contributed by atoms with Crippen LogP contribution < -0.4 is 5.46 Å². The molecular formula is C13H18BFN2O3. The van der Waals surface area contributed by atoms with Gasteiger partial charge in [0, 0.05) is 6.20 Å². The quantitative estimate of drug-likeness (QED) is 0.810. The molecular weight excluding hydrogens is 262 g/mol. The van der Waals surface area contributed by atoms with Crippen molar-refractivity contribution in [1.82, 2.24) is 9.38 Å². The van der Waals surface area contributed by atoms with Crippen molar-refractivity contribution in [3.05, 3.63) is 30.5 Å². The molecule has 0 radical (unpaired) electrons. The highest BCUT2D eigenvalue weighted by Crippen LogP contribution is 2.25. The van der Waals surface area contributed by atoms with E-state index in [0.29, 0.717) is 11.1 Å². The molecule has 2 N–H and O–H groups in total. The first-order chi connectivity index (χ1) is 9.12. The first-order valence-electron chi connectivity index (χ1n) is 6.32. The Morgan fingerprint density at radius 2 is 1.95 bits per heavy atom. The lowest BCUT2D eigenvalue weighted by Gasteiger charge is -2.38. The van der Waals surface area contributed by atoms with Crippen LogP contribution in [0.15, 0.2) is 24.5 Å². The van der Waals surface area contributed by atoms with Crippen LogP contribution in [0.4, 0.5) is 4.39 Å². The minimum Gasteiger partial charge on any atom is -0.423 e. The van der Waals surface area contributed by atoms with Crippen LogP contribution in [0.3, 0.4) is 0 Å². The van der Waals surface area contributed by atoms with Crippen molar-refractivity contribution in [2.75, 3.05) is 0 Å². The summed E-state index contributed by atoms with van der Waals surface area (Å²) in [6.07, 6.45) is 2.52. The predicted molar refractivity (Wildman–Crippen MR) is 74.2 cm³/mol. The fourth-order valence-electron chi connectivity index (χ4n) is 1.60. The van der Waals surface area contributed by atoms with E-state index in [0.717, 1.165) is 6.20 Å². The molecule has 0 aromatic carbocycles. The molecule has 0 aliphatic rings. The Hall–Kier alpha value is -1.44. The number of imidazole rings is 1. The zero-order valence-electron chi connectivity index (χ0n) is 12.0. The highest BCUT2D eigenvalue weighted by Gasteiger charge is 2.39. The number of pyridine rings is 1. The molecule has 0 bridgehead atoms. The van der Waals surface area contributed by atoms with Gasteiger partial charge in [-0.05, 0) is 39.2 Å². The van der Waals surface area contributed by atoms with Crippen LogP contribution in [-0.4, -0.2) is 37.8 Å². The van der Waals surface area contributed by atoms with Crippen molar-refractivity contribution < 1.29 is 19.2 Å². The van der Waals surface area contributed by atoms with Crippen LogP contribution in [0.2, 0.25) is 0 Å². The molecule has 2 aromatic rings. The Balaban J connectivity index is 2.27. The molecule has 0 spiro atoms. The van der Waals surface area contributed by atoms with E-state index in [4.69, 9.17) is 4.65 Å². The molecule has 0 atom stereocenters. The zero-order chi connectivity index (χ0) is 15.1. The van der Waals surface area contributed by atoms with Crippen molar-refractivity contribution in [2.45, 2.75) is 38.9 Å². The maximum atomic E-state index is 13.5. The van der Waals surface area contributed by atoms with Crippen LogP contribution in [0, 0.1) is 5.95 Å². The predicted octanol–water partition coefficient (Wildman–Crippen LogP) is 0.727.